The van der Waals surface area contributed by atoms with Crippen LogP contribution < -0.4 is 10.6 Å². The topological polar surface area (TPSA) is 122 Å². The Labute approximate surface area is 200 Å². The summed E-state index contributed by atoms with van der Waals surface area (Å²) in [5.74, 6) is -2.33. The minimum atomic E-state index is -1.35. The molecule has 0 aromatic heterocycles. The molecule has 4 rings (SSSR count). The van der Waals surface area contributed by atoms with Crippen LogP contribution in [0.4, 0.5) is 4.79 Å². The van der Waals surface area contributed by atoms with Crippen molar-refractivity contribution in [1.82, 2.24) is 15.5 Å². The zero-order chi connectivity index (χ0) is 24.9. The van der Waals surface area contributed by atoms with E-state index in [0.717, 1.165) is 4.90 Å². The first-order chi connectivity index (χ1) is 16.9. The van der Waals surface area contributed by atoms with Crippen molar-refractivity contribution in [2.45, 2.75) is 12.6 Å². The Morgan fingerprint density at radius 2 is 1.40 bits per heavy atom. The smallest absolute Gasteiger partial charge is 0.339 e. The Bertz CT molecular complexity index is 1270. The fraction of sp³-hybridized carbons (Fsp3) is 0.115. The van der Waals surface area contributed by atoms with Gasteiger partial charge in [-0.05, 0) is 29.8 Å². The number of hydrogen-bond acceptors (Lipinski definition) is 6. The van der Waals surface area contributed by atoms with Gasteiger partial charge in [0.15, 0.2) is 0 Å². The number of carbonyl (C=O) groups excluding carboxylic acids is 5. The van der Waals surface area contributed by atoms with Crippen molar-refractivity contribution >= 4 is 29.7 Å². The fourth-order valence-electron chi connectivity index (χ4n) is 3.63. The molecule has 2 N–H and O–H groups in total. The predicted molar refractivity (Wildman–Crippen MR) is 124 cm³/mol. The molecule has 0 fully saturated rings. The second kappa shape index (κ2) is 10.0. The highest BCUT2D eigenvalue weighted by Gasteiger charge is 2.35. The number of carbonyl (C=O) groups is 5. The van der Waals surface area contributed by atoms with E-state index in [4.69, 9.17) is 4.74 Å². The molecule has 9 heteroatoms. The van der Waals surface area contributed by atoms with E-state index in [1.807, 2.05) is 0 Å². The lowest BCUT2D eigenvalue weighted by Crippen LogP contribution is -2.41. The Balaban J connectivity index is 1.47. The van der Waals surface area contributed by atoms with E-state index in [1.54, 1.807) is 66.7 Å². The second-order valence-corrected chi connectivity index (χ2v) is 7.70. The molecule has 0 radical (unpaired) electrons. The summed E-state index contributed by atoms with van der Waals surface area (Å²) in [6.45, 7) is 0.0445. The molecule has 5 amide bonds. The van der Waals surface area contributed by atoms with Gasteiger partial charge in [0.2, 0.25) is 6.10 Å². The average Bonchev–Trinajstić information content (AvgIpc) is 3.12. The van der Waals surface area contributed by atoms with Gasteiger partial charge in [-0.1, -0.05) is 54.6 Å². The molecule has 0 spiro atoms. The van der Waals surface area contributed by atoms with Crippen LogP contribution in [0.1, 0.15) is 48.3 Å². The van der Waals surface area contributed by atoms with E-state index in [-0.39, 0.29) is 23.9 Å². The van der Waals surface area contributed by atoms with Crippen LogP contribution in [0.2, 0.25) is 0 Å². The molecule has 9 nitrogen and oxygen atoms in total. The summed E-state index contributed by atoms with van der Waals surface area (Å²) in [5.41, 5.74) is 1.90. The van der Waals surface area contributed by atoms with E-state index in [1.165, 1.54) is 19.2 Å². The van der Waals surface area contributed by atoms with Gasteiger partial charge in [0.25, 0.3) is 17.7 Å². The van der Waals surface area contributed by atoms with Gasteiger partial charge in [-0.25, -0.2) is 9.59 Å². The molecular formula is C26H21N3O6. The Hall–Kier alpha value is -4.79. The maximum Gasteiger partial charge on any atom is 0.339 e. The molecule has 0 saturated carbocycles. The Morgan fingerprint density at radius 3 is 1.97 bits per heavy atom. The summed E-state index contributed by atoms with van der Waals surface area (Å²) in [5, 5.41) is 4.39. The summed E-state index contributed by atoms with van der Waals surface area (Å²) in [7, 11) is 1.36. The van der Waals surface area contributed by atoms with Crippen molar-refractivity contribution in [3.05, 3.63) is 107 Å². The van der Waals surface area contributed by atoms with Crippen molar-refractivity contribution in [3.8, 4) is 0 Å². The quantitative estimate of drug-likeness (QED) is 0.421. The monoisotopic (exact) mass is 471 g/mol. The normalized spacial score (nSPS) is 13.1. The number of ether oxygens (including phenoxy) is 1. The highest BCUT2D eigenvalue weighted by molar-refractivity contribution is 6.21. The average molecular weight is 471 g/mol. The van der Waals surface area contributed by atoms with E-state index in [9.17, 15) is 24.0 Å². The van der Waals surface area contributed by atoms with Crippen LogP contribution >= 0.6 is 0 Å². The van der Waals surface area contributed by atoms with Crippen molar-refractivity contribution in [1.29, 1.82) is 0 Å². The molecule has 3 aromatic rings. The van der Waals surface area contributed by atoms with Crippen LogP contribution in [0.5, 0.6) is 0 Å². The highest BCUT2D eigenvalue weighted by Crippen LogP contribution is 2.25. The standard InChI is InChI=1S/C26H21N3O6/c1-27-26(34)28-22(30)21(17-7-3-2-4-8-17)35-25(33)18-13-11-16(12-14-18)15-29-23(31)19-9-5-6-10-20(19)24(29)32/h2-14,21H,15H2,1H3,(H2,27,28,30,34). The van der Waals surface area contributed by atoms with Gasteiger partial charge in [0.05, 0.1) is 23.2 Å². The summed E-state index contributed by atoms with van der Waals surface area (Å²) >= 11 is 0. The van der Waals surface area contributed by atoms with Crippen molar-refractivity contribution in [2.75, 3.05) is 7.05 Å². The molecule has 1 atom stereocenters. The van der Waals surface area contributed by atoms with Gasteiger partial charge in [-0.2, -0.15) is 0 Å². The highest BCUT2D eigenvalue weighted by atomic mass is 16.5. The third kappa shape index (κ3) is 4.93. The number of esters is 1. The van der Waals surface area contributed by atoms with Crippen LogP contribution in [0.3, 0.4) is 0 Å². The number of fused-ring (bicyclic) bond motifs is 1. The molecular weight excluding hydrogens is 450 g/mol. The van der Waals surface area contributed by atoms with Gasteiger partial charge in [0, 0.05) is 12.6 Å². The number of nitrogens with zero attached hydrogens (tertiary/aromatic N) is 1. The first kappa shape index (κ1) is 23.4. The molecule has 1 aliphatic heterocycles. The molecule has 3 aromatic carbocycles. The molecule has 0 saturated heterocycles. The number of urea groups is 1. The zero-order valence-electron chi connectivity index (χ0n) is 18.7. The van der Waals surface area contributed by atoms with Crippen molar-refractivity contribution in [2.24, 2.45) is 0 Å². The minimum Gasteiger partial charge on any atom is -0.444 e. The molecule has 35 heavy (non-hydrogen) atoms. The van der Waals surface area contributed by atoms with Crippen molar-refractivity contribution < 1.29 is 28.7 Å². The second-order valence-electron chi connectivity index (χ2n) is 7.70. The largest absolute Gasteiger partial charge is 0.444 e. The van der Waals surface area contributed by atoms with Crippen LogP contribution in [0.15, 0.2) is 78.9 Å². The van der Waals surface area contributed by atoms with Crippen LogP contribution in [-0.2, 0) is 16.1 Å². The van der Waals surface area contributed by atoms with E-state index >= 15 is 0 Å². The Kier molecular flexibility index (Phi) is 6.68. The number of hydrogen-bond donors (Lipinski definition) is 2. The molecule has 0 bridgehead atoms. The number of amides is 5. The van der Waals surface area contributed by atoms with Crippen LogP contribution in [0.25, 0.3) is 0 Å². The number of benzene rings is 3. The third-order valence-electron chi connectivity index (χ3n) is 5.44. The predicted octanol–water partition coefficient (Wildman–Crippen LogP) is 2.84. The summed E-state index contributed by atoms with van der Waals surface area (Å²) in [6, 6.07) is 20.4. The number of rotatable bonds is 6. The lowest BCUT2D eigenvalue weighted by molar-refractivity contribution is -0.129. The van der Waals surface area contributed by atoms with Gasteiger partial charge >= 0.3 is 12.0 Å². The summed E-state index contributed by atoms with van der Waals surface area (Å²) in [4.78, 5) is 63.2. The Morgan fingerprint density at radius 1 is 0.829 bits per heavy atom. The van der Waals surface area contributed by atoms with Crippen LogP contribution in [0, 0.1) is 0 Å². The van der Waals surface area contributed by atoms with Gasteiger partial charge < -0.3 is 10.1 Å². The van der Waals surface area contributed by atoms with Gasteiger partial charge in [-0.15, -0.1) is 0 Å². The van der Waals surface area contributed by atoms with E-state index in [2.05, 4.69) is 10.6 Å². The lowest BCUT2D eigenvalue weighted by atomic mass is 10.1. The summed E-state index contributed by atoms with van der Waals surface area (Å²) < 4.78 is 5.43. The van der Waals surface area contributed by atoms with E-state index in [0.29, 0.717) is 22.3 Å². The molecule has 176 valence electrons. The van der Waals surface area contributed by atoms with Gasteiger partial charge in [0.1, 0.15) is 0 Å². The maximum absolute atomic E-state index is 12.8. The molecule has 1 unspecified atom stereocenters. The number of nitrogens with one attached hydrogen (secondary N) is 2. The lowest BCUT2D eigenvalue weighted by Gasteiger charge is -2.18. The fourth-order valence-corrected chi connectivity index (χ4v) is 3.63. The zero-order valence-corrected chi connectivity index (χ0v) is 18.7. The van der Waals surface area contributed by atoms with Crippen LogP contribution in [-0.4, -0.2) is 41.7 Å². The van der Waals surface area contributed by atoms with E-state index < -0.39 is 24.0 Å². The molecule has 0 aliphatic carbocycles. The molecule has 1 aliphatic rings. The maximum atomic E-state index is 12.8. The molecule has 1 heterocycles. The number of imide groups is 2. The first-order valence-corrected chi connectivity index (χ1v) is 10.7. The van der Waals surface area contributed by atoms with Crippen molar-refractivity contribution in [3.63, 3.8) is 0 Å². The summed E-state index contributed by atoms with van der Waals surface area (Å²) in [6.07, 6.45) is -1.35. The minimum absolute atomic E-state index is 0.0445. The third-order valence-corrected chi connectivity index (χ3v) is 5.44. The van der Waals surface area contributed by atoms with Gasteiger partial charge in [-0.3, -0.25) is 24.6 Å². The first-order valence-electron chi connectivity index (χ1n) is 10.7. The SMILES string of the molecule is CNC(=O)NC(=O)C(OC(=O)c1ccc(CN2C(=O)c3ccccc3C2=O)cc1)c1ccccc1.